The lowest BCUT2D eigenvalue weighted by Gasteiger charge is -2.30. The van der Waals surface area contributed by atoms with E-state index in [9.17, 15) is 4.39 Å². The number of aromatic nitrogens is 3. The molecule has 1 saturated heterocycles. The molecule has 0 bridgehead atoms. The molecule has 0 spiro atoms. The van der Waals surface area contributed by atoms with Crippen LogP contribution >= 0.6 is 0 Å². The standard InChI is InChI=1S/C19H26FN5/c1-23(2)14-18-15-25(22-21-18)19-9-12-24(13-10-19)11-3-4-16-5-7-17(20)8-6-16/h3-8,15,19H,9-14H2,1-2H3. The molecule has 2 heterocycles. The molecule has 25 heavy (non-hydrogen) atoms. The summed E-state index contributed by atoms with van der Waals surface area (Å²) in [6.07, 6.45) is 8.47. The maximum atomic E-state index is 12.9. The molecule has 6 heteroatoms. The number of nitrogens with zero attached hydrogens (tertiary/aromatic N) is 5. The van der Waals surface area contributed by atoms with E-state index in [0.717, 1.165) is 50.3 Å². The van der Waals surface area contributed by atoms with Crippen LogP contribution in [0, 0.1) is 5.82 Å². The number of rotatable bonds is 6. The summed E-state index contributed by atoms with van der Waals surface area (Å²) in [7, 11) is 4.08. The molecule has 0 atom stereocenters. The summed E-state index contributed by atoms with van der Waals surface area (Å²) in [6, 6.07) is 7.03. The lowest BCUT2D eigenvalue weighted by molar-refractivity contribution is 0.194. The Morgan fingerprint density at radius 3 is 2.60 bits per heavy atom. The third-order valence-electron chi connectivity index (χ3n) is 4.51. The molecule has 0 N–H and O–H groups in total. The predicted octanol–water partition coefficient (Wildman–Crippen LogP) is 2.83. The quantitative estimate of drug-likeness (QED) is 0.808. The summed E-state index contributed by atoms with van der Waals surface area (Å²) < 4.78 is 14.9. The highest BCUT2D eigenvalue weighted by Gasteiger charge is 2.21. The topological polar surface area (TPSA) is 37.2 Å². The van der Waals surface area contributed by atoms with Gasteiger partial charge in [0.2, 0.25) is 0 Å². The monoisotopic (exact) mass is 343 g/mol. The van der Waals surface area contributed by atoms with Crippen molar-refractivity contribution in [3.05, 3.63) is 53.6 Å². The van der Waals surface area contributed by atoms with E-state index in [0.29, 0.717) is 6.04 Å². The Kier molecular flexibility index (Phi) is 5.94. The lowest BCUT2D eigenvalue weighted by Crippen LogP contribution is -2.34. The molecule has 0 unspecified atom stereocenters. The van der Waals surface area contributed by atoms with Crippen LogP contribution in [0.3, 0.4) is 0 Å². The van der Waals surface area contributed by atoms with Gasteiger partial charge in [-0.2, -0.15) is 0 Å². The first-order valence-electron chi connectivity index (χ1n) is 8.80. The molecule has 5 nitrogen and oxygen atoms in total. The molecule has 0 saturated carbocycles. The van der Waals surface area contributed by atoms with Gasteiger partial charge in [0.05, 0.1) is 17.9 Å². The van der Waals surface area contributed by atoms with Crippen LogP contribution in [0.15, 0.2) is 36.5 Å². The first kappa shape index (κ1) is 17.8. The molecule has 0 aliphatic carbocycles. The van der Waals surface area contributed by atoms with Gasteiger partial charge in [0.25, 0.3) is 0 Å². The predicted molar refractivity (Wildman–Crippen MR) is 97.6 cm³/mol. The van der Waals surface area contributed by atoms with Crippen LogP contribution in [-0.2, 0) is 6.54 Å². The Morgan fingerprint density at radius 2 is 1.92 bits per heavy atom. The normalized spacial score (nSPS) is 17.0. The van der Waals surface area contributed by atoms with Crippen molar-refractivity contribution in [2.24, 2.45) is 0 Å². The number of likely N-dealkylation sites (tertiary alicyclic amines) is 1. The van der Waals surface area contributed by atoms with Crippen LogP contribution in [0.1, 0.15) is 30.1 Å². The van der Waals surface area contributed by atoms with Gasteiger partial charge in [-0.15, -0.1) is 5.10 Å². The van der Waals surface area contributed by atoms with Crippen LogP contribution in [-0.4, -0.2) is 58.5 Å². The van der Waals surface area contributed by atoms with E-state index in [1.54, 1.807) is 12.1 Å². The van der Waals surface area contributed by atoms with Gasteiger partial charge in [0.15, 0.2) is 0 Å². The molecule has 0 radical (unpaired) electrons. The van der Waals surface area contributed by atoms with Crippen LogP contribution in [0.5, 0.6) is 0 Å². The van der Waals surface area contributed by atoms with Crippen molar-refractivity contribution < 1.29 is 4.39 Å². The van der Waals surface area contributed by atoms with Gasteiger partial charge in [-0.05, 0) is 44.6 Å². The second-order valence-electron chi connectivity index (χ2n) is 6.91. The van der Waals surface area contributed by atoms with Gasteiger partial charge >= 0.3 is 0 Å². The van der Waals surface area contributed by atoms with Gasteiger partial charge in [0, 0.05) is 26.2 Å². The molecular weight excluding hydrogens is 317 g/mol. The SMILES string of the molecule is CN(C)Cc1cn(C2CCN(CC=Cc3ccc(F)cc3)CC2)nn1. The lowest BCUT2D eigenvalue weighted by atomic mass is 10.1. The van der Waals surface area contributed by atoms with Crippen molar-refractivity contribution in [3.8, 4) is 0 Å². The molecule has 0 amide bonds. The fourth-order valence-electron chi connectivity index (χ4n) is 3.17. The van der Waals surface area contributed by atoms with E-state index < -0.39 is 0 Å². The van der Waals surface area contributed by atoms with Crippen LogP contribution in [0.2, 0.25) is 0 Å². The van der Waals surface area contributed by atoms with Gasteiger partial charge < -0.3 is 4.90 Å². The van der Waals surface area contributed by atoms with E-state index >= 15 is 0 Å². The van der Waals surface area contributed by atoms with Gasteiger partial charge in [-0.3, -0.25) is 4.90 Å². The van der Waals surface area contributed by atoms with E-state index in [2.05, 4.69) is 38.5 Å². The Balaban J connectivity index is 1.45. The van der Waals surface area contributed by atoms with E-state index in [4.69, 9.17) is 0 Å². The molecule has 1 aliphatic rings. The maximum Gasteiger partial charge on any atom is 0.123 e. The zero-order valence-electron chi connectivity index (χ0n) is 15.0. The summed E-state index contributed by atoms with van der Waals surface area (Å²) >= 11 is 0. The summed E-state index contributed by atoms with van der Waals surface area (Å²) in [4.78, 5) is 4.54. The zero-order chi connectivity index (χ0) is 17.6. The number of hydrogen-bond acceptors (Lipinski definition) is 4. The molecule has 134 valence electrons. The number of halogens is 1. The first-order valence-corrected chi connectivity index (χ1v) is 8.80. The fourth-order valence-corrected chi connectivity index (χ4v) is 3.17. The van der Waals surface area contributed by atoms with Crippen molar-refractivity contribution in [1.29, 1.82) is 0 Å². The average molecular weight is 343 g/mol. The summed E-state index contributed by atoms with van der Waals surface area (Å²) in [5, 5.41) is 8.56. The number of piperidine rings is 1. The van der Waals surface area contributed by atoms with E-state index in [1.807, 2.05) is 18.8 Å². The smallest absolute Gasteiger partial charge is 0.123 e. The van der Waals surface area contributed by atoms with Crippen molar-refractivity contribution in [1.82, 2.24) is 24.8 Å². The number of benzene rings is 1. The minimum absolute atomic E-state index is 0.193. The third kappa shape index (κ3) is 5.21. The Labute approximate surface area is 148 Å². The average Bonchev–Trinajstić information content (AvgIpc) is 3.05. The van der Waals surface area contributed by atoms with E-state index in [1.165, 1.54) is 12.1 Å². The van der Waals surface area contributed by atoms with Crippen molar-refractivity contribution in [3.63, 3.8) is 0 Å². The van der Waals surface area contributed by atoms with Crippen LogP contribution in [0.25, 0.3) is 6.08 Å². The minimum Gasteiger partial charge on any atom is -0.303 e. The Hall–Kier alpha value is -2.05. The summed E-state index contributed by atoms with van der Waals surface area (Å²) in [5.74, 6) is -0.193. The number of hydrogen-bond donors (Lipinski definition) is 0. The molecule has 1 fully saturated rings. The maximum absolute atomic E-state index is 12.9. The Bertz CT molecular complexity index is 684. The molecule has 1 aromatic heterocycles. The van der Waals surface area contributed by atoms with Crippen molar-refractivity contribution >= 4 is 6.08 Å². The summed E-state index contributed by atoms with van der Waals surface area (Å²) in [5.41, 5.74) is 2.06. The van der Waals surface area contributed by atoms with Crippen molar-refractivity contribution in [2.75, 3.05) is 33.7 Å². The van der Waals surface area contributed by atoms with Gasteiger partial charge in [-0.25, -0.2) is 9.07 Å². The van der Waals surface area contributed by atoms with Gasteiger partial charge in [-0.1, -0.05) is 29.5 Å². The second kappa shape index (κ2) is 8.36. The van der Waals surface area contributed by atoms with Crippen LogP contribution < -0.4 is 0 Å². The molecule has 2 aromatic rings. The second-order valence-corrected chi connectivity index (χ2v) is 6.91. The third-order valence-corrected chi connectivity index (χ3v) is 4.51. The molecular formula is C19H26FN5. The van der Waals surface area contributed by atoms with E-state index in [-0.39, 0.29) is 5.82 Å². The minimum atomic E-state index is -0.193. The van der Waals surface area contributed by atoms with Crippen LogP contribution in [0.4, 0.5) is 4.39 Å². The Morgan fingerprint density at radius 1 is 1.20 bits per heavy atom. The van der Waals surface area contributed by atoms with Crippen molar-refractivity contribution in [2.45, 2.75) is 25.4 Å². The largest absolute Gasteiger partial charge is 0.303 e. The zero-order valence-corrected chi connectivity index (χ0v) is 15.0. The molecule has 1 aliphatic heterocycles. The molecule has 1 aromatic carbocycles. The van der Waals surface area contributed by atoms with Gasteiger partial charge in [0.1, 0.15) is 5.82 Å². The first-order chi connectivity index (χ1) is 12.1. The fraction of sp³-hybridized carbons (Fsp3) is 0.474. The highest BCUT2D eigenvalue weighted by atomic mass is 19.1. The highest BCUT2D eigenvalue weighted by molar-refractivity contribution is 5.48. The molecule has 3 rings (SSSR count). The summed E-state index contributed by atoms with van der Waals surface area (Å²) in [6.45, 7) is 3.86. The highest BCUT2D eigenvalue weighted by Crippen LogP contribution is 2.21.